The molecule has 2 unspecified atom stereocenters. The molecule has 1 fully saturated rings. The first-order valence-electron chi connectivity index (χ1n) is 5.37. The molecule has 1 heterocycles. The molecule has 94 valence electrons. The summed E-state index contributed by atoms with van der Waals surface area (Å²) in [5.74, 6) is 0.204. The molecule has 1 aliphatic rings. The summed E-state index contributed by atoms with van der Waals surface area (Å²) in [6, 6.07) is 0.106. The summed E-state index contributed by atoms with van der Waals surface area (Å²) in [7, 11) is 1.71. The van der Waals surface area contributed by atoms with Crippen molar-refractivity contribution < 1.29 is 26.8 Å². The van der Waals surface area contributed by atoms with E-state index in [1.54, 1.807) is 12.1 Å². The predicted octanol–water partition coefficient (Wildman–Crippen LogP) is -1.41. The van der Waals surface area contributed by atoms with Gasteiger partial charge in [-0.05, 0) is 0 Å². The molecule has 0 N–H and O–H groups in total. The molecule has 16 heavy (non-hydrogen) atoms. The number of rotatable bonds is 3. The normalized spacial score (nSPS) is 24.9. The zero-order chi connectivity index (χ0) is 12.3. The molecule has 1 aliphatic heterocycles. The summed E-state index contributed by atoms with van der Waals surface area (Å²) < 4.78 is 0.0994. The van der Waals surface area contributed by atoms with Gasteiger partial charge < -0.3 is 0 Å². The fourth-order valence-electron chi connectivity index (χ4n) is 1.71. The molecule has 2 amide bonds. The fourth-order valence-corrected chi connectivity index (χ4v) is 5.67. The Morgan fingerprint density at radius 3 is 2.69 bits per heavy atom. The Hall–Kier alpha value is 0.400. The van der Waals surface area contributed by atoms with Crippen molar-refractivity contribution in [1.29, 1.82) is 0 Å². The van der Waals surface area contributed by atoms with Gasteiger partial charge in [-0.2, -0.15) is 0 Å². The van der Waals surface area contributed by atoms with Gasteiger partial charge in [-0.15, -0.1) is 0 Å². The van der Waals surface area contributed by atoms with Gasteiger partial charge in [0.1, 0.15) is 0 Å². The summed E-state index contributed by atoms with van der Waals surface area (Å²) in [4.78, 5) is 24.1. The van der Waals surface area contributed by atoms with Gasteiger partial charge in [-0.25, -0.2) is 0 Å². The molecular formula is C10H17I2N2O2-. The van der Waals surface area contributed by atoms with Gasteiger partial charge in [-0.1, -0.05) is 0 Å². The van der Waals surface area contributed by atoms with Crippen LogP contribution in [0.15, 0.2) is 0 Å². The van der Waals surface area contributed by atoms with Gasteiger partial charge in [-0.3, -0.25) is 0 Å². The van der Waals surface area contributed by atoms with E-state index in [9.17, 15) is 9.59 Å². The zero-order valence-electron chi connectivity index (χ0n) is 9.74. The maximum absolute atomic E-state index is 12.3. The van der Waals surface area contributed by atoms with Crippen LogP contribution in [-0.4, -0.2) is 38.8 Å². The number of amides is 2. The summed E-state index contributed by atoms with van der Waals surface area (Å²) in [5.41, 5.74) is 0. The van der Waals surface area contributed by atoms with Gasteiger partial charge in [0.05, 0.1) is 0 Å². The van der Waals surface area contributed by atoms with Crippen LogP contribution in [0.3, 0.4) is 0 Å². The third-order valence-corrected chi connectivity index (χ3v) is 8.43. The number of nitrogens with zero attached hydrogens (tertiary/aromatic N) is 2. The number of carbonyl (C=O) groups excluding carboxylic acids is 2. The van der Waals surface area contributed by atoms with E-state index >= 15 is 0 Å². The minimum absolute atomic E-state index is 0.0602. The monoisotopic (exact) mass is 451 g/mol. The average molecular weight is 451 g/mol. The van der Waals surface area contributed by atoms with Crippen LogP contribution in [0.5, 0.6) is 0 Å². The van der Waals surface area contributed by atoms with Crippen molar-refractivity contribution >= 4 is 30.4 Å². The third-order valence-electron chi connectivity index (χ3n) is 2.90. The maximum atomic E-state index is 12.3. The van der Waals surface area contributed by atoms with Crippen molar-refractivity contribution in [1.82, 2.24) is 10.0 Å². The zero-order valence-corrected chi connectivity index (χ0v) is 14.1. The fraction of sp³-hybridized carbons (Fsp3) is 0.800. The Morgan fingerprint density at radius 1 is 1.56 bits per heavy atom. The summed E-state index contributed by atoms with van der Waals surface area (Å²) in [6.45, 7) is 4.03. The van der Waals surface area contributed by atoms with Crippen molar-refractivity contribution in [3.63, 3.8) is 0 Å². The van der Waals surface area contributed by atoms with Crippen LogP contribution in [-0.2, 0) is 9.59 Å². The number of hydrogen-bond acceptors (Lipinski definition) is 2. The molecule has 0 aromatic carbocycles. The predicted molar refractivity (Wildman–Crippen MR) is 66.4 cm³/mol. The molecule has 4 nitrogen and oxygen atoms in total. The van der Waals surface area contributed by atoms with E-state index in [-0.39, 0.29) is 39.0 Å². The number of carbonyl (C=O) groups is 2. The summed E-state index contributed by atoms with van der Waals surface area (Å²) in [6.07, 6.45) is 2.10. The van der Waals surface area contributed by atoms with E-state index in [1.165, 1.54) is 5.01 Å². The van der Waals surface area contributed by atoms with Gasteiger partial charge in [0.25, 0.3) is 0 Å². The van der Waals surface area contributed by atoms with Crippen LogP contribution in [0, 0.1) is 0 Å². The molecule has 0 spiro atoms. The van der Waals surface area contributed by atoms with E-state index < -0.39 is 0 Å². The molecule has 6 heteroatoms. The van der Waals surface area contributed by atoms with Crippen molar-refractivity contribution in [2.75, 3.05) is 7.05 Å². The summed E-state index contributed by atoms with van der Waals surface area (Å²) in [5, 5.41) is 3.19. The van der Waals surface area contributed by atoms with Crippen LogP contribution >= 0.6 is 18.6 Å². The van der Waals surface area contributed by atoms with Crippen LogP contribution in [0.25, 0.3) is 0 Å². The van der Waals surface area contributed by atoms with Crippen molar-refractivity contribution in [2.45, 2.75) is 43.1 Å². The van der Waals surface area contributed by atoms with E-state index in [4.69, 9.17) is 0 Å². The molecule has 0 radical (unpaired) electrons. The number of hydrazine groups is 1. The second-order valence-corrected chi connectivity index (χ2v) is 9.08. The molecule has 0 aliphatic carbocycles. The summed E-state index contributed by atoms with van der Waals surface area (Å²) >= 11 is 2.16. The van der Waals surface area contributed by atoms with Crippen LogP contribution in [0.1, 0.15) is 33.1 Å². The second kappa shape index (κ2) is 6.36. The average Bonchev–Trinajstić information content (AvgIpc) is 2.38. The molecule has 2 atom stereocenters. The Morgan fingerprint density at radius 2 is 2.19 bits per heavy atom. The molecular weight excluding hydrogens is 434 g/mol. The quantitative estimate of drug-likeness (QED) is 0.391. The minimum atomic E-state index is -0.169. The molecule has 0 aromatic heterocycles. The first kappa shape index (κ1) is 14.5. The Kier molecular flexibility index (Phi) is 5.75. The van der Waals surface area contributed by atoms with Crippen LogP contribution < -0.4 is 17.2 Å². The van der Waals surface area contributed by atoms with Crippen LogP contribution in [0.4, 0.5) is 0 Å². The van der Waals surface area contributed by atoms with Crippen molar-refractivity contribution in [2.24, 2.45) is 0 Å². The number of alkyl halides is 1. The van der Waals surface area contributed by atoms with Gasteiger partial charge >= 0.3 is 117 Å². The molecule has 0 bridgehead atoms. The molecule has 0 saturated carbocycles. The third kappa shape index (κ3) is 2.99. The molecule has 1 rings (SSSR count). The van der Waals surface area contributed by atoms with Gasteiger partial charge in [0.2, 0.25) is 0 Å². The van der Waals surface area contributed by atoms with Crippen molar-refractivity contribution in [3.05, 3.63) is 0 Å². The first-order valence-corrected chi connectivity index (χ1v) is 12.9. The van der Waals surface area contributed by atoms with E-state index in [2.05, 4.69) is 18.6 Å². The Bertz CT molecular complexity index is 286. The van der Waals surface area contributed by atoms with E-state index in [0.29, 0.717) is 6.42 Å². The second-order valence-electron chi connectivity index (χ2n) is 3.95. The molecule has 1 saturated heterocycles. The van der Waals surface area contributed by atoms with E-state index in [1.807, 2.05) is 13.8 Å². The van der Waals surface area contributed by atoms with E-state index in [0.717, 1.165) is 12.8 Å². The standard InChI is InChI=1S/C10H17I2N2O2/c1-4-7(2)14-10(16)8(12-11)5-6-9(15)13(14)3/h7-8H,4-6H2,1-3H3/q-1. The van der Waals surface area contributed by atoms with Gasteiger partial charge in [0.15, 0.2) is 0 Å². The van der Waals surface area contributed by atoms with Crippen LogP contribution in [0.2, 0.25) is 0 Å². The van der Waals surface area contributed by atoms with Gasteiger partial charge in [0, 0.05) is 0 Å². The Balaban J connectivity index is 2.96. The van der Waals surface area contributed by atoms with Crippen molar-refractivity contribution in [3.8, 4) is 0 Å². The number of hydrogen-bond donors (Lipinski definition) is 0. The number of halogens is 2. The topological polar surface area (TPSA) is 40.6 Å². The SMILES string of the molecule is CCC(C)N1C(=O)C([I-]I)CCC(=O)N1C. The Labute approximate surface area is 117 Å². The molecule has 0 aromatic rings. The first-order chi connectivity index (χ1) is 7.52.